The standard InChI is InChI=1S/C14H17NO3/c1-9-4-3-5-12-13(10(2)17)7-15(14(9)12)6-11(18)8-16/h3-5,7,11,16,18H,6,8H2,1-2H3. The van der Waals surface area contributed by atoms with Gasteiger partial charge < -0.3 is 14.8 Å². The van der Waals surface area contributed by atoms with Crippen LogP contribution in [0.5, 0.6) is 0 Å². The third-order valence-corrected chi connectivity index (χ3v) is 3.10. The molecule has 4 heteroatoms. The Balaban J connectivity index is 2.62. The van der Waals surface area contributed by atoms with Gasteiger partial charge in [0.25, 0.3) is 0 Å². The number of carbonyl (C=O) groups is 1. The van der Waals surface area contributed by atoms with Crippen molar-refractivity contribution in [2.24, 2.45) is 0 Å². The second kappa shape index (κ2) is 4.92. The number of ketones is 1. The Kier molecular flexibility index (Phi) is 3.50. The number of Topliss-reactive ketones (excluding diaryl/α,β-unsaturated/α-hetero) is 1. The Labute approximate surface area is 105 Å². The second-order valence-corrected chi connectivity index (χ2v) is 4.56. The highest BCUT2D eigenvalue weighted by atomic mass is 16.3. The lowest BCUT2D eigenvalue weighted by Crippen LogP contribution is -2.19. The number of aliphatic hydroxyl groups excluding tert-OH is 2. The number of aliphatic hydroxyl groups is 2. The van der Waals surface area contributed by atoms with Gasteiger partial charge in [0.05, 0.1) is 24.8 Å². The van der Waals surface area contributed by atoms with Crippen molar-refractivity contribution in [2.75, 3.05) is 6.61 Å². The molecule has 0 spiro atoms. The van der Waals surface area contributed by atoms with Gasteiger partial charge in [0.2, 0.25) is 0 Å². The van der Waals surface area contributed by atoms with Crippen LogP contribution in [0.2, 0.25) is 0 Å². The molecule has 0 fully saturated rings. The predicted octanol–water partition coefficient (Wildman–Crippen LogP) is 1.51. The van der Waals surface area contributed by atoms with Gasteiger partial charge in [-0.2, -0.15) is 0 Å². The first-order valence-electron chi connectivity index (χ1n) is 5.93. The van der Waals surface area contributed by atoms with Crippen LogP contribution in [0.15, 0.2) is 24.4 Å². The first kappa shape index (κ1) is 12.8. The number of para-hydroxylation sites is 1. The number of hydrogen-bond donors (Lipinski definition) is 2. The summed E-state index contributed by atoms with van der Waals surface area (Å²) in [6, 6.07) is 5.78. The van der Waals surface area contributed by atoms with Crippen LogP contribution >= 0.6 is 0 Å². The fourth-order valence-electron chi connectivity index (χ4n) is 2.26. The van der Waals surface area contributed by atoms with E-state index in [1.807, 2.05) is 29.7 Å². The number of rotatable bonds is 4. The van der Waals surface area contributed by atoms with Crippen molar-refractivity contribution in [3.05, 3.63) is 35.5 Å². The summed E-state index contributed by atoms with van der Waals surface area (Å²) in [7, 11) is 0. The quantitative estimate of drug-likeness (QED) is 0.805. The largest absolute Gasteiger partial charge is 0.394 e. The zero-order valence-corrected chi connectivity index (χ0v) is 10.6. The van der Waals surface area contributed by atoms with Crippen molar-refractivity contribution >= 4 is 16.7 Å². The number of aromatic nitrogens is 1. The number of aryl methyl sites for hydroxylation is 1. The fraction of sp³-hybridized carbons (Fsp3) is 0.357. The maximum Gasteiger partial charge on any atom is 0.161 e. The van der Waals surface area contributed by atoms with E-state index in [0.29, 0.717) is 5.56 Å². The van der Waals surface area contributed by atoms with Crippen molar-refractivity contribution in [3.8, 4) is 0 Å². The van der Waals surface area contributed by atoms with Crippen molar-refractivity contribution in [2.45, 2.75) is 26.5 Å². The average molecular weight is 247 g/mol. The summed E-state index contributed by atoms with van der Waals surface area (Å²) >= 11 is 0. The lowest BCUT2D eigenvalue weighted by molar-refractivity contribution is 0.0821. The number of fused-ring (bicyclic) bond motifs is 1. The lowest BCUT2D eigenvalue weighted by atomic mass is 10.1. The van der Waals surface area contributed by atoms with Crippen LogP contribution in [-0.4, -0.2) is 33.3 Å². The average Bonchev–Trinajstić information content (AvgIpc) is 2.69. The van der Waals surface area contributed by atoms with Gasteiger partial charge in [-0.25, -0.2) is 0 Å². The van der Waals surface area contributed by atoms with Gasteiger partial charge in [-0.05, 0) is 19.4 Å². The van der Waals surface area contributed by atoms with Crippen molar-refractivity contribution in [3.63, 3.8) is 0 Å². The normalized spacial score (nSPS) is 12.9. The summed E-state index contributed by atoms with van der Waals surface area (Å²) < 4.78 is 1.84. The van der Waals surface area contributed by atoms with Gasteiger partial charge >= 0.3 is 0 Å². The number of benzene rings is 1. The molecular weight excluding hydrogens is 230 g/mol. The van der Waals surface area contributed by atoms with Crippen LogP contribution < -0.4 is 0 Å². The molecule has 0 saturated heterocycles. The molecule has 2 aromatic rings. The van der Waals surface area contributed by atoms with Gasteiger partial charge in [-0.1, -0.05) is 18.2 Å². The minimum atomic E-state index is -0.819. The number of nitrogens with zero attached hydrogens (tertiary/aromatic N) is 1. The van der Waals surface area contributed by atoms with Crippen LogP contribution in [0.1, 0.15) is 22.8 Å². The summed E-state index contributed by atoms with van der Waals surface area (Å²) in [6.07, 6.45) is 0.929. The van der Waals surface area contributed by atoms with E-state index < -0.39 is 6.10 Å². The van der Waals surface area contributed by atoms with E-state index in [9.17, 15) is 9.90 Å². The summed E-state index contributed by atoms with van der Waals surface area (Å²) in [5, 5.41) is 19.4. The molecule has 2 rings (SSSR count). The molecule has 96 valence electrons. The zero-order chi connectivity index (χ0) is 13.3. The molecule has 0 aliphatic heterocycles. The molecule has 0 radical (unpaired) electrons. The summed E-state index contributed by atoms with van der Waals surface area (Å²) in [6.45, 7) is 3.49. The minimum absolute atomic E-state index is 0.00263. The summed E-state index contributed by atoms with van der Waals surface area (Å²) in [4.78, 5) is 11.6. The van der Waals surface area contributed by atoms with Crippen molar-refractivity contribution in [1.82, 2.24) is 4.57 Å². The third kappa shape index (κ3) is 2.17. The molecule has 2 N–H and O–H groups in total. The van der Waals surface area contributed by atoms with Crippen LogP contribution in [-0.2, 0) is 6.54 Å². The Bertz CT molecular complexity index is 586. The molecule has 1 aromatic carbocycles. The Morgan fingerprint density at radius 3 is 2.78 bits per heavy atom. The van der Waals surface area contributed by atoms with Crippen LogP contribution in [0.4, 0.5) is 0 Å². The molecule has 0 saturated carbocycles. The topological polar surface area (TPSA) is 62.5 Å². The molecule has 0 amide bonds. The van der Waals surface area contributed by atoms with Gasteiger partial charge in [0, 0.05) is 17.1 Å². The van der Waals surface area contributed by atoms with Crippen LogP contribution in [0.25, 0.3) is 10.9 Å². The maximum absolute atomic E-state index is 11.6. The molecule has 1 aromatic heterocycles. The Hall–Kier alpha value is -1.65. The highest BCUT2D eigenvalue weighted by molar-refractivity contribution is 6.07. The predicted molar refractivity (Wildman–Crippen MR) is 69.8 cm³/mol. The lowest BCUT2D eigenvalue weighted by Gasteiger charge is -2.10. The molecular formula is C14H17NO3. The zero-order valence-electron chi connectivity index (χ0n) is 10.6. The molecule has 18 heavy (non-hydrogen) atoms. The molecule has 1 atom stereocenters. The first-order chi connectivity index (χ1) is 8.54. The van der Waals surface area contributed by atoms with E-state index in [1.165, 1.54) is 6.92 Å². The Morgan fingerprint density at radius 1 is 1.44 bits per heavy atom. The van der Waals surface area contributed by atoms with E-state index in [-0.39, 0.29) is 18.9 Å². The van der Waals surface area contributed by atoms with Gasteiger partial charge in [-0.15, -0.1) is 0 Å². The van der Waals surface area contributed by atoms with E-state index in [2.05, 4.69) is 0 Å². The van der Waals surface area contributed by atoms with Crippen molar-refractivity contribution < 1.29 is 15.0 Å². The Morgan fingerprint density at radius 2 is 2.17 bits per heavy atom. The smallest absolute Gasteiger partial charge is 0.161 e. The monoisotopic (exact) mass is 247 g/mol. The number of hydrogen-bond acceptors (Lipinski definition) is 3. The molecule has 1 heterocycles. The number of carbonyl (C=O) groups excluding carboxylic acids is 1. The first-order valence-corrected chi connectivity index (χ1v) is 5.93. The van der Waals surface area contributed by atoms with Crippen molar-refractivity contribution in [1.29, 1.82) is 0 Å². The molecule has 0 aliphatic carbocycles. The van der Waals surface area contributed by atoms with E-state index in [1.54, 1.807) is 6.20 Å². The molecule has 0 aliphatic rings. The van der Waals surface area contributed by atoms with Crippen LogP contribution in [0, 0.1) is 6.92 Å². The highest BCUT2D eigenvalue weighted by Crippen LogP contribution is 2.25. The molecule has 4 nitrogen and oxygen atoms in total. The SMILES string of the molecule is CC(=O)c1cn(CC(O)CO)c2c(C)cccc12. The van der Waals surface area contributed by atoms with Crippen LogP contribution in [0.3, 0.4) is 0 Å². The molecule has 0 bridgehead atoms. The minimum Gasteiger partial charge on any atom is -0.394 e. The summed E-state index contributed by atoms with van der Waals surface area (Å²) in [5.74, 6) is 0.00263. The van der Waals surface area contributed by atoms with Gasteiger partial charge in [0.15, 0.2) is 5.78 Å². The van der Waals surface area contributed by atoms with E-state index in [4.69, 9.17) is 5.11 Å². The highest BCUT2D eigenvalue weighted by Gasteiger charge is 2.15. The van der Waals surface area contributed by atoms with E-state index in [0.717, 1.165) is 16.5 Å². The second-order valence-electron chi connectivity index (χ2n) is 4.56. The summed E-state index contributed by atoms with van der Waals surface area (Å²) in [5.41, 5.74) is 2.64. The fourth-order valence-corrected chi connectivity index (χ4v) is 2.26. The third-order valence-electron chi connectivity index (χ3n) is 3.10. The maximum atomic E-state index is 11.6. The van der Waals surface area contributed by atoms with E-state index >= 15 is 0 Å². The molecule has 1 unspecified atom stereocenters. The van der Waals surface area contributed by atoms with Gasteiger partial charge in [0.1, 0.15) is 0 Å². The van der Waals surface area contributed by atoms with Gasteiger partial charge in [-0.3, -0.25) is 4.79 Å².